The van der Waals surface area contributed by atoms with Crippen molar-refractivity contribution in [3.05, 3.63) is 17.5 Å². The Hall–Kier alpha value is -0.870. The van der Waals surface area contributed by atoms with Crippen LogP contribution in [0.3, 0.4) is 0 Å². The van der Waals surface area contributed by atoms with Crippen molar-refractivity contribution in [2.45, 2.75) is 45.3 Å². The van der Waals surface area contributed by atoms with E-state index in [1.54, 1.807) is 11.6 Å². The summed E-state index contributed by atoms with van der Waals surface area (Å²) in [4.78, 5) is 0. The van der Waals surface area contributed by atoms with E-state index >= 15 is 0 Å². The summed E-state index contributed by atoms with van der Waals surface area (Å²) in [6.45, 7) is 8.07. The summed E-state index contributed by atoms with van der Waals surface area (Å²) < 4.78 is 1.70. The van der Waals surface area contributed by atoms with Crippen molar-refractivity contribution < 1.29 is 5.11 Å². The molecule has 2 atom stereocenters. The maximum Gasteiger partial charge on any atom is 0.110 e. The third-order valence-electron chi connectivity index (χ3n) is 2.49. The van der Waals surface area contributed by atoms with Gasteiger partial charge in [-0.1, -0.05) is 20.8 Å². The largest absolute Gasteiger partial charge is 0.385 e. The average molecular weight is 211 g/mol. The van der Waals surface area contributed by atoms with Gasteiger partial charge in [0.1, 0.15) is 6.10 Å². The van der Waals surface area contributed by atoms with Crippen LogP contribution < -0.4 is 5.73 Å². The molecule has 0 aliphatic carbocycles. The fourth-order valence-corrected chi connectivity index (χ4v) is 1.39. The lowest BCUT2D eigenvalue weighted by molar-refractivity contribution is 0.144. The topological polar surface area (TPSA) is 64.1 Å². The number of aromatic nitrogens is 2. The smallest absolute Gasteiger partial charge is 0.110 e. The molecule has 3 N–H and O–H groups in total. The van der Waals surface area contributed by atoms with E-state index in [-0.39, 0.29) is 11.5 Å². The van der Waals surface area contributed by atoms with Crippen LogP contribution in [0.25, 0.3) is 0 Å². The summed E-state index contributed by atoms with van der Waals surface area (Å²) in [5.74, 6) is 0. The molecule has 1 aromatic rings. The van der Waals surface area contributed by atoms with Gasteiger partial charge in [-0.15, -0.1) is 0 Å². The van der Waals surface area contributed by atoms with Crippen molar-refractivity contribution >= 4 is 0 Å². The molecule has 0 fully saturated rings. The number of hydrogen-bond donors (Lipinski definition) is 2. The molecule has 2 unspecified atom stereocenters. The van der Waals surface area contributed by atoms with Gasteiger partial charge in [-0.25, -0.2) is 0 Å². The average Bonchev–Trinajstić information content (AvgIpc) is 2.45. The Kier molecular flexibility index (Phi) is 3.21. The minimum Gasteiger partial charge on any atom is -0.385 e. The van der Waals surface area contributed by atoms with Crippen LogP contribution in [0.2, 0.25) is 0 Å². The Labute approximate surface area is 91.1 Å². The fourth-order valence-electron chi connectivity index (χ4n) is 1.39. The summed E-state index contributed by atoms with van der Waals surface area (Å²) >= 11 is 0. The highest BCUT2D eigenvalue weighted by molar-refractivity contribution is 5.19. The van der Waals surface area contributed by atoms with E-state index in [4.69, 9.17) is 5.73 Å². The van der Waals surface area contributed by atoms with Crippen LogP contribution in [0.4, 0.5) is 0 Å². The Morgan fingerprint density at radius 3 is 2.33 bits per heavy atom. The van der Waals surface area contributed by atoms with Crippen LogP contribution in [0, 0.1) is 0 Å². The second kappa shape index (κ2) is 3.94. The van der Waals surface area contributed by atoms with Gasteiger partial charge in [-0.2, -0.15) is 5.10 Å². The van der Waals surface area contributed by atoms with Gasteiger partial charge in [0.2, 0.25) is 0 Å². The number of nitrogens with zero attached hydrogens (tertiary/aromatic N) is 2. The molecule has 0 saturated carbocycles. The van der Waals surface area contributed by atoms with Crippen LogP contribution in [0.15, 0.2) is 6.07 Å². The Balaban J connectivity index is 3.07. The lowest BCUT2D eigenvalue weighted by atomic mass is 9.92. The van der Waals surface area contributed by atoms with E-state index in [1.165, 1.54) is 0 Å². The molecule has 0 amide bonds. The first-order chi connectivity index (χ1) is 6.73. The van der Waals surface area contributed by atoms with Crippen LogP contribution in [0.5, 0.6) is 0 Å². The van der Waals surface area contributed by atoms with Gasteiger partial charge in [0.05, 0.1) is 11.4 Å². The summed E-state index contributed by atoms with van der Waals surface area (Å²) in [6, 6.07) is 1.64. The van der Waals surface area contributed by atoms with Crippen molar-refractivity contribution in [3.8, 4) is 0 Å². The van der Waals surface area contributed by atoms with Crippen LogP contribution in [0.1, 0.15) is 45.2 Å². The molecule has 0 radical (unpaired) electrons. The maximum atomic E-state index is 9.87. The normalized spacial score (nSPS) is 16.5. The van der Waals surface area contributed by atoms with Crippen LogP contribution in [-0.2, 0) is 12.5 Å². The molecule has 0 spiro atoms. The number of aliphatic hydroxyl groups is 1. The molecule has 0 aliphatic heterocycles. The number of aliphatic hydroxyl groups excluding tert-OH is 1. The number of aryl methyl sites for hydroxylation is 1. The minimum absolute atomic E-state index is 0.00638. The van der Waals surface area contributed by atoms with Gasteiger partial charge in [0.25, 0.3) is 0 Å². The zero-order valence-electron chi connectivity index (χ0n) is 10.2. The second-order valence-electron chi connectivity index (χ2n) is 5.13. The third kappa shape index (κ3) is 2.58. The molecule has 86 valence electrons. The van der Waals surface area contributed by atoms with Crippen molar-refractivity contribution in [2.75, 3.05) is 0 Å². The van der Waals surface area contributed by atoms with E-state index in [1.807, 2.05) is 13.1 Å². The summed E-state index contributed by atoms with van der Waals surface area (Å²) in [5, 5.41) is 14.3. The quantitative estimate of drug-likeness (QED) is 0.770. The monoisotopic (exact) mass is 211 g/mol. The first-order valence-electron chi connectivity index (χ1n) is 5.21. The Bertz CT molecular complexity index is 336. The molecule has 1 heterocycles. The van der Waals surface area contributed by atoms with E-state index in [0.29, 0.717) is 0 Å². The summed E-state index contributed by atoms with van der Waals surface area (Å²) in [5.41, 5.74) is 7.40. The van der Waals surface area contributed by atoms with E-state index in [2.05, 4.69) is 25.9 Å². The van der Waals surface area contributed by atoms with Gasteiger partial charge in [0, 0.05) is 18.5 Å². The zero-order chi connectivity index (χ0) is 11.8. The molecule has 15 heavy (non-hydrogen) atoms. The lowest BCUT2D eigenvalue weighted by Crippen LogP contribution is -2.26. The summed E-state index contributed by atoms with van der Waals surface area (Å²) in [7, 11) is 1.83. The Morgan fingerprint density at radius 2 is 2.00 bits per heavy atom. The molecule has 1 rings (SSSR count). The van der Waals surface area contributed by atoms with E-state index in [9.17, 15) is 5.11 Å². The zero-order valence-corrected chi connectivity index (χ0v) is 10.2. The second-order valence-corrected chi connectivity index (χ2v) is 5.13. The van der Waals surface area contributed by atoms with Gasteiger partial charge in [0.15, 0.2) is 0 Å². The molecule has 4 heteroatoms. The van der Waals surface area contributed by atoms with Crippen molar-refractivity contribution in [1.29, 1.82) is 0 Å². The van der Waals surface area contributed by atoms with Crippen molar-refractivity contribution in [1.82, 2.24) is 9.78 Å². The predicted molar refractivity (Wildman–Crippen MR) is 60.5 cm³/mol. The molecule has 0 saturated heterocycles. The number of rotatable bonds is 2. The van der Waals surface area contributed by atoms with Crippen molar-refractivity contribution in [3.63, 3.8) is 0 Å². The number of hydrogen-bond acceptors (Lipinski definition) is 3. The van der Waals surface area contributed by atoms with E-state index < -0.39 is 6.10 Å². The molecule has 1 aromatic heterocycles. The van der Waals surface area contributed by atoms with Crippen molar-refractivity contribution in [2.24, 2.45) is 12.8 Å². The van der Waals surface area contributed by atoms with Gasteiger partial charge in [-0.3, -0.25) is 4.68 Å². The Morgan fingerprint density at radius 1 is 1.47 bits per heavy atom. The lowest BCUT2D eigenvalue weighted by Gasteiger charge is -2.14. The first kappa shape index (κ1) is 12.2. The highest BCUT2D eigenvalue weighted by Gasteiger charge is 2.23. The predicted octanol–water partition coefficient (Wildman–Crippen LogP) is 1.10. The maximum absolute atomic E-state index is 9.87. The van der Waals surface area contributed by atoms with E-state index in [0.717, 1.165) is 11.4 Å². The SMILES string of the molecule is CC(N)C(O)c1cc(C(C)(C)C)nn1C. The third-order valence-corrected chi connectivity index (χ3v) is 2.49. The molecule has 4 nitrogen and oxygen atoms in total. The van der Waals surface area contributed by atoms with Crippen LogP contribution in [-0.4, -0.2) is 20.9 Å². The summed E-state index contributed by atoms with van der Waals surface area (Å²) in [6.07, 6.45) is -0.654. The molecular formula is C11H21N3O. The van der Waals surface area contributed by atoms with Gasteiger partial charge in [-0.05, 0) is 13.0 Å². The number of nitrogens with two attached hydrogens (primary N) is 1. The minimum atomic E-state index is -0.654. The molecular weight excluding hydrogens is 190 g/mol. The highest BCUT2D eigenvalue weighted by Crippen LogP contribution is 2.24. The molecule has 0 aliphatic rings. The molecule has 0 aromatic carbocycles. The fraction of sp³-hybridized carbons (Fsp3) is 0.727. The van der Waals surface area contributed by atoms with Gasteiger partial charge >= 0.3 is 0 Å². The first-order valence-corrected chi connectivity index (χ1v) is 5.21. The standard InChI is InChI=1S/C11H21N3O/c1-7(12)10(15)8-6-9(11(2,3)4)13-14(8)5/h6-7,10,15H,12H2,1-5H3. The van der Waals surface area contributed by atoms with Crippen LogP contribution >= 0.6 is 0 Å². The van der Waals surface area contributed by atoms with Gasteiger partial charge < -0.3 is 10.8 Å². The highest BCUT2D eigenvalue weighted by atomic mass is 16.3. The molecule has 0 bridgehead atoms.